The first-order valence-corrected chi connectivity index (χ1v) is 7.85. The summed E-state index contributed by atoms with van der Waals surface area (Å²) in [6, 6.07) is 8.31. The van der Waals surface area contributed by atoms with Gasteiger partial charge in [0.15, 0.2) is 0 Å². The lowest BCUT2D eigenvalue weighted by Crippen LogP contribution is -2.44. The Morgan fingerprint density at radius 3 is 2.32 bits per heavy atom. The van der Waals surface area contributed by atoms with Crippen molar-refractivity contribution in [1.82, 2.24) is 4.41 Å². The second-order valence-corrected chi connectivity index (χ2v) is 7.64. The van der Waals surface area contributed by atoms with Crippen molar-refractivity contribution in [2.75, 3.05) is 0 Å². The minimum absolute atomic E-state index is 0.155. The van der Waals surface area contributed by atoms with E-state index in [1.165, 1.54) is 4.41 Å². The molecule has 0 N–H and O–H groups in total. The number of sulfonamides is 1. The van der Waals surface area contributed by atoms with Gasteiger partial charge in [0.1, 0.15) is 0 Å². The van der Waals surface area contributed by atoms with Gasteiger partial charge in [-0.3, -0.25) is 0 Å². The maximum Gasteiger partial charge on any atom is 0.279 e. The van der Waals surface area contributed by atoms with Crippen molar-refractivity contribution in [3.05, 3.63) is 30.3 Å². The van der Waals surface area contributed by atoms with Crippen LogP contribution < -0.4 is 0 Å². The molecule has 1 atom stereocenters. The molecule has 0 aliphatic carbocycles. The van der Waals surface area contributed by atoms with Crippen molar-refractivity contribution in [2.45, 2.75) is 38.6 Å². The minimum Gasteiger partial charge on any atom is -0.200 e. The summed E-state index contributed by atoms with van der Waals surface area (Å²) < 4.78 is 26.6. The van der Waals surface area contributed by atoms with E-state index in [2.05, 4.69) is 5.10 Å². The summed E-state index contributed by atoms with van der Waals surface area (Å²) in [5.41, 5.74) is -0.254. The van der Waals surface area contributed by atoms with E-state index in [0.29, 0.717) is 0 Å². The van der Waals surface area contributed by atoms with Gasteiger partial charge >= 0.3 is 0 Å². The summed E-state index contributed by atoms with van der Waals surface area (Å²) in [7, 11) is -3.57. The Bertz CT molecular complexity index is 577. The van der Waals surface area contributed by atoms with E-state index < -0.39 is 10.0 Å². The van der Waals surface area contributed by atoms with Crippen LogP contribution in [-0.4, -0.2) is 25.1 Å². The van der Waals surface area contributed by atoms with Crippen LogP contribution in [0.4, 0.5) is 0 Å². The van der Waals surface area contributed by atoms with Gasteiger partial charge in [-0.05, 0) is 18.1 Å². The smallest absolute Gasteiger partial charge is 0.200 e. The van der Waals surface area contributed by atoms with E-state index in [4.69, 9.17) is 0 Å². The predicted octanol–water partition coefficient (Wildman–Crippen LogP) is 2.73. The molecule has 1 aliphatic heterocycles. The summed E-state index contributed by atoms with van der Waals surface area (Å²) in [6.07, 6.45) is 1.73. The van der Waals surface area contributed by atoms with E-state index in [1.54, 1.807) is 36.5 Å². The molecule has 104 valence electrons. The first-order chi connectivity index (χ1) is 8.77. The van der Waals surface area contributed by atoms with Crippen molar-refractivity contribution < 1.29 is 8.42 Å². The summed E-state index contributed by atoms with van der Waals surface area (Å²) in [6.45, 7) is 8.08. The van der Waals surface area contributed by atoms with Crippen LogP contribution in [0.5, 0.6) is 0 Å². The Balaban J connectivity index is 2.45. The fourth-order valence-corrected chi connectivity index (χ4v) is 4.37. The van der Waals surface area contributed by atoms with E-state index >= 15 is 0 Å². The predicted molar refractivity (Wildman–Crippen MR) is 76.4 cm³/mol. The van der Waals surface area contributed by atoms with Crippen LogP contribution in [0.3, 0.4) is 0 Å². The van der Waals surface area contributed by atoms with Gasteiger partial charge in [-0.15, -0.1) is 0 Å². The summed E-state index contributed by atoms with van der Waals surface area (Å²) in [5.74, 6) is 0.191. The molecule has 0 spiro atoms. The highest BCUT2D eigenvalue weighted by atomic mass is 32.2. The third-order valence-electron chi connectivity index (χ3n) is 3.42. The summed E-state index contributed by atoms with van der Waals surface area (Å²) in [4.78, 5) is 0.288. The minimum atomic E-state index is -3.57. The van der Waals surface area contributed by atoms with Gasteiger partial charge in [-0.2, -0.15) is 17.9 Å². The van der Waals surface area contributed by atoms with Crippen LogP contribution in [0.1, 0.15) is 27.7 Å². The van der Waals surface area contributed by atoms with Gasteiger partial charge in [0.05, 0.1) is 10.9 Å². The largest absolute Gasteiger partial charge is 0.279 e. The Kier molecular flexibility index (Phi) is 3.43. The first kappa shape index (κ1) is 14.1. The third-order valence-corrected chi connectivity index (χ3v) is 5.11. The van der Waals surface area contributed by atoms with Crippen molar-refractivity contribution in [1.29, 1.82) is 0 Å². The molecule has 0 saturated carbocycles. The molecule has 2 rings (SSSR count). The van der Waals surface area contributed by atoms with E-state index in [-0.39, 0.29) is 22.3 Å². The van der Waals surface area contributed by atoms with Crippen molar-refractivity contribution in [2.24, 2.45) is 16.4 Å². The van der Waals surface area contributed by atoms with Crippen LogP contribution in [0.2, 0.25) is 0 Å². The zero-order valence-electron chi connectivity index (χ0n) is 11.7. The number of rotatable bonds is 3. The van der Waals surface area contributed by atoms with Gasteiger partial charge in [0.2, 0.25) is 0 Å². The maximum atomic E-state index is 12.6. The topological polar surface area (TPSA) is 49.7 Å². The lowest BCUT2D eigenvalue weighted by Gasteiger charge is -2.34. The summed E-state index contributed by atoms with van der Waals surface area (Å²) >= 11 is 0. The third kappa shape index (κ3) is 2.39. The lowest BCUT2D eigenvalue weighted by atomic mass is 9.81. The van der Waals surface area contributed by atoms with Gasteiger partial charge < -0.3 is 0 Å². The normalized spacial score (nSPS) is 22.2. The van der Waals surface area contributed by atoms with Crippen LogP contribution in [0.15, 0.2) is 40.3 Å². The number of hydrogen-bond acceptors (Lipinski definition) is 3. The molecular weight excluding hydrogens is 260 g/mol. The molecule has 0 radical (unpaired) electrons. The second kappa shape index (κ2) is 4.63. The first-order valence-electron chi connectivity index (χ1n) is 6.41. The highest BCUT2D eigenvalue weighted by molar-refractivity contribution is 7.89. The number of benzene rings is 1. The molecule has 0 bridgehead atoms. The highest BCUT2D eigenvalue weighted by Crippen LogP contribution is 2.37. The van der Waals surface area contributed by atoms with Gasteiger partial charge in [-0.25, -0.2) is 0 Å². The molecule has 1 heterocycles. The van der Waals surface area contributed by atoms with E-state index in [9.17, 15) is 8.42 Å². The molecule has 4 nitrogen and oxygen atoms in total. The Morgan fingerprint density at radius 1 is 1.21 bits per heavy atom. The van der Waals surface area contributed by atoms with E-state index in [1.807, 2.05) is 27.7 Å². The molecule has 0 amide bonds. The average molecular weight is 280 g/mol. The standard InChI is InChI=1S/C14H20N2O2S/c1-11(2)13-14(3,4)10-15-16(13)19(17,18)12-8-6-5-7-9-12/h5-11,13H,1-4H3/t13-/m0/s1. The molecule has 0 aromatic heterocycles. The van der Waals surface area contributed by atoms with Crippen LogP contribution in [0.25, 0.3) is 0 Å². The number of hydrogen-bond donors (Lipinski definition) is 0. The van der Waals surface area contributed by atoms with Crippen LogP contribution in [0, 0.1) is 11.3 Å². The van der Waals surface area contributed by atoms with Gasteiger partial charge in [0, 0.05) is 11.6 Å². The van der Waals surface area contributed by atoms with Gasteiger partial charge in [0.25, 0.3) is 10.0 Å². The highest BCUT2D eigenvalue weighted by Gasteiger charge is 2.45. The molecule has 0 unspecified atom stereocenters. The van der Waals surface area contributed by atoms with Crippen molar-refractivity contribution in [3.8, 4) is 0 Å². The fraction of sp³-hybridized carbons (Fsp3) is 0.500. The number of hydrazone groups is 1. The molecule has 1 aromatic carbocycles. The Labute approximate surface area is 115 Å². The monoisotopic (exact) mass is 280 g/mol. The SMILES string of the molecule is CC(C)[C@@H]1N(S(=O)(=O)c2ccccc2)N=CC1(C)C. The molecule has 1 aliphatic rings. The zero-order chi connectivity index (χ0) is 14.3. The Morgan fingerprint density at radius 2 is 1.79 bits per heavy atom. The van der Waals surface area contributed by atoms with Crippen LogP contribution in [-0.2, 0) is 10.0 Å². The molecule has 0 saturated heterocycles. The molecule has 19 heavy (non-hydrogen) atoms. The van der Waals surface area contributed by atoms with Crippen LogP contribution >= 0.6 is 0 Å². The van der Waals surface area contributed by atoms with Crippen molar-refractivity contribution in [3.63, 3.8) is 0 Å². The quantitative estimate of drug-likeness (QED) is 0.854. The lowest BCUT2D eigenvalue weighted by molar-refractivity contribution is 0.203. The Hall–Kier alpha value is -1.36. The fourth-order valence-electron chi connectivity index (χ4n) is 2.66. The number of nitrogens with zero attached hydrogens (tertiary/aromatic N) is 2. The average Bonchev–Trinajstić information content (AvgIpc) is 2.66. The van der Waals surface area contributed by atoms with Crippen molar-refractivity contribution >= 4 is 16.2 Å². The molecule has 0 fully saturated rings. The van der Waals surface area contributed by atoms with Gasteiger partial charge in [-0.1, -0.05) is 45.9 Å². The molecule has 5 heteroatoms. The molecular formula is C14H20N2O2S. The maximum absolute atomic E-state index is 12.6. The zero-order valence-corrected chi connectivity index (χ0v) is 12.6. The van der Waals surface area contributed by atoms with E-state index in [0.717, 1.165) is 0 Å². The molecule has 1 aromatic rings. The summed E-state index contributed by atoms with van der Waals surface area (Å²) in [5, 5.41) is 4.16. The second-order valence-electron chi connectivity index (χ2n) is 5.85.